The Morgan fingerprint density at radius 2 is 1.91 bits per heavy atom. The predicted molar refractivity (Wildman–Crippen MR) is 45.5 cm³/mol. The van der Waals surface area contributed by atoms with Crippen LogP contribution in [-0.2, 0) is 0 Å². The van der Waals surface area contributed by atoms with Gasteiger partial charge in [0.25, 0.3) is 5.25 Å². The number of nitrogens with one attached hydrogen (secondary N) is 1. The van der Waals surface area contributed by atoms with E-state index in [1.54, 1.807) is 0 Å². The highest BCUT2D eigenvalue weighted by Gasteiger charge is 2.35. The second-order valence-electron chi connectivity index (χ2n) is 1.84. The standard InChI is InChI=1S/C5H2Cl4FN/c6-2-1-11-5(9,10)4(8)3(2)7/h1,11H. The highest BCUT2D eigenvalue weighted by Crippen LogP contribution is 2.38. The molecule has 0 spiro atoms. The summed E-state index contributed by atoms with van der Waals surface area (Å²) in [5.74, 6) is 0. The molecule has 6 heteroatoms. The van der Waals surface area contributed by atoms with Crippen LogP contribution in [0.5, 0.6) is 0 Å². The summed E-state index contributed by atoms with van der Waals surface area (Å²) in [4.78, 5) is 0. The number of alkyl halides is 2. The zero-order valence-corrected chi connectivity index (χ0v) is 7.99. The van der Waals surface area contributed by atoms with Crippen LogP contribution in [-0.4, -0.2) is 5.25 Å². The minimum Gasteiger partial charge on any atom is -0.341 e. The van der Waals surface area contributed by atoms with Crippen LogP contribution in [0.4, 0.5) is 4.39 Å². The summed E-state index contributed by atoms with van der Waals surface area (Å²) in [6.07, 6.45) is 1.14. The molecule has 1 N–H and O–H groups in total. The third kappa shape index (κ3) is 1.75. The van der Waals surface area contributed by atoms with E-state index in [9.17, 15) is 4.39 Å². The Morgan fingerprint density at radius 3 is 2.36 bits per heavy atom. The van der Waals surface area contributed by atoms with Crippen molar-refractivity contribution < 1.29 is 4.39 Å². The van der Waals surface area contributed by atoms with Gasteiger partial charge in [0.1, 0.15) is 5.03 Å². The molecule has 1 atom stereocenters. The van der Waals surface area contributed by atoms with Gasteiger partial charge in [0.15, 0.2) is 0 Å². The maximum atomic E-state index is 13.0. The molecule has 0 bridgehead atoms. The van der Waals surface area contributed by atoms with Crippen molar-refractivity contribution in [1.82, 2.24) is 5.32 Å². The van der Waals surface area contributed by atoms with Gasteiger partial charge in [0, 0.05) is 6.20 Å². The monoisotopic (exact) mass is 235 g/mol. The Kier molecular flexibility index (Phi) is 2.59. The Labute approximate surface area is 82.7 Å². The molecule has 0 aromatic rings. The molecule has 0 aromatic carbocycles. The van der Waals surface area contributed by atoms with Gasteiger partial charge in [-0.1, -0.05) is 46.4 Å². The molecular weight excluding hydrogens is 235 g/mol. The number of halogens is 5. The van der Waals surface area contributed by atoms with Gasteiger partial charge in [0.2, 0.25) is 0 Å². The van der Waals surface area contributed by atoms with E-state index in [1.807, 2.05) is 0 Å². The second-order valence-corrected chi connectivity index (χ2v) is 3.52. The first-order valence-corrected chi connectivity index (χ1v) is 4.03. The predicted octanol–water partition coefficient (Wildman–Crippen LogP) is 3.22. The van der Waals surface area contributed by atoms with Gasteiger partial charge >= 0.3 is 0 Å². The molecule has 1 rings (SSSR count). The molecule has 1 aliphatic heterocycles. The van der Waals surface area contributed by atoms with Crippen LogP contribution in [0.3, 0.4) is 0 Å². The van der Waals surface area contributed by atoms with Crippen molar-refractivity contribution in [2.24, 2.45) is 0 Å². The highest BCUT2D eigenvalue weighted by atomic mass is 35.5. The summed E-state index contributed by atoms with van der Waals surface area (Å²) >= 11 is 21.6. The van der Waals surface area contributed by atoms with E-state index in [2.05, 4.69) is 5.32 Å². The molecule has 0 radical (unpaired) electrons. The molecule has 1 nitrogen and oxygen atoms in total. The Hall–Kier alpha value is 0.370. The first-order chi connectivity index (χ1) is 4.95. The minimum absolute atomic E-state index is 0.0791. The molecule has 0 aromatic heterocycles. The lowest BCUT2D eigenvalue weighted by molar-refractivity contribution is 0.302. The van der Waals surface area contributed by atoms with Crippen molar-refractivity contribution in [3.63, 3.8) is 0 Å². The van der Waals surface area contributed by atoms with Crippen molar-refractivity contribution in [1.29, 1.82) is 0 Å². The molecule has 1 heterocycles. The van der Waals surface area contributed by atoms with Crippen molar-refractivity contribution in [3.05, 3.63) is 21.3 Å². The lowest BCUT2D eigenvalue weighted by Gasteiger charge is -2.22. The van der Waals surface area contributed by atoms with E-state index < -0.39 is 5.25 Å². The Balaban J connectivity index is 3.07. The van der Waals surface area contributed by atoms with Gasteiger partial charge in [-0.25, -0.2) is 0 Å². The van der Waals surface area contributed by atoms with E-state index in [1.165, 1.54) is 0 Å². The van der Waals surface area contributed by atoms with E-state index in [-0.39, 0.29) is 15.1 Å². The van der Waals surface area contributed by atoms with Crippen LogP contribution in [0.2, 0.25) is 0 Å². The van der Waals surface area contributed by atoms with E-state index in [0.717, 1.165) is 6.20 Å². The number of dihydropyridines is 1. The molecule has 0 fully saturated rings. The summed E-state index contributed by atoms with van der Waals surface area (Å²) < 4.78 is 13.0. The van der Waals surface area contributed by atoms with Crippen molar-refractivity contribution in [2.75, 3.05) is 0 Å². The highest BCUT2D eigenvalue weighted by molar-refractivity contribution is 6.50. The maximum Gasteiger partial charge on any atom is 0.294 e. The fourth-order valence-electron chi connectivity index (χ4n) is 0.523. The molecule has 1 aliphatic rings. The molecule has 1 unspecified atom stereocenters. The van der Waals surface area contributed by atoms with Gasteiger partial charge in [-0.15, -0.1) is 0 Å². The van der Waals surface area contributed by atoms with Crippen LogP contribution in [0.15, 0.2) is 21.3 Å². The zero-order valence-electron chi connectivity index (χ0n) is 4.97. The molecular formula is C5H2Cl4FN. The molecule has 0 aliphatic carbocycles. The van der Waals surface area contributed by atoms with E-state index in [4.69, 9.17) is 46.4 Å². The molecule has 0 amide bonds. The average Bonchev–Trinajstić information content (AvgIpc) is 1.95. The van der Waals surface area contributed by atoms with Crippen molar-refractivity contribution in [2.45, 2.75) is 5.25 Å². The van der Waals surface area contributed by atoms with Gasteiger partial charge in [-0.3, -0.25) is 0 Å². The number of hydrogen-bond acceptors (Lipinski definition) is 1. The Morgan fingerprint density at radius 1 is 1.36 bits per heavy atom. The average molecular weight is 237 g/mol. The fourth-order valence-corrected chi connectivity index (χ4v) is 1.26. The summed E-state index contributed by atoms with van der Waals surface area (Å²) in [5.41, 5.74) is 0. The van der Waals surface area contributed by atoms with E-state index in [0.29, 0.717) is 0 Å². The van der Waals surface area contributed by atoms with Gasteiger partial charge in [0.05, 0.1) is 10.1 Å². The number of rotatable bonds is 0. The number of allylic oxidation sites excluding steroid dienone is 2. The maximum absolute atomic E-state index is 13.0. The summed E-state index contributed by atoms with van der Waals surface area (Å²) in [6, 6.07) is 0. The topological polar surface area (TPSA) is 12.0 Å². The first-order valence-electron chi connectivity index (χ1n) is 2.52. The summed E-state index contributed by atoms with van der Waals surface area (Å²) in [5, 5.41) is -0.520. The third-order valence-electron chi connectivity index (χ3n) is 1.06. The van der Waals surface area contributed by atoms with Crippen LogP contribution in [0.1, 0.15) is 0 Å². The van der Waals surface area contributed by atoms with Gasteiger partial charge in [-0.05, 0) is 0 Å². The Bertz CT molecular complexity index is 245. The SMILES string of the molecule is FC1(Cl)NC=C(Cl)C(Cl)=C1Cl. The lowest BCUT2D eigenvalue weighted by Crippen LogP contribution is -2.34. The largest absolute Gasteiger partial charge is 0.341 e. The van der Waals surface area contributed by atoms with Crippen molar-refractivity contribution >= 4 is 46.4 Å². The first kappa shape index (κ1) is 9.46. The van der Waals surface area contributed by atoms with Gasteiger partial charge < -0.3 is 5.32 Å². The second kappa shape index (κ2) is 3.02. The zero-order chi connectivity index (χ0) is 8.65. The molecule has 62 valence electrons. The molecule has 0 saturated heterocycles. The third-order valence-corrected chi connectivity index (χ3v) is 2.79. The lowest BCUT2D eigenvalue weighted by atomic mass is 10.3. The normalized spacial score (nSPS) is 31.5. The fraction of sp³-hybridized carbons (Fsp3) is 0.200. The van der Waals surface area contributed by atoms with Gasteiger partial charge in [-0.2, -0.15) is 4.39 Å². The van der Waals surface area contributed by atoms with Crippen LogP contribution in [0.25, 0.3) is 0 Å². The minimum atomic E-state index is -2.34. The van der Waals surface area contributed by atoms with Crippen molar-refractivity contribution in [3.8, 4) is 0 Å². The van der Waals surface area contributed by atoms with Crippen LogP contribution >= 0.6 is 46.4 Å². The number of hydrogen-bond donors (Lipinski definition) is 1. The summed E-state index contributed by atoms with van der Waals surface area (Å²) in [7, 11) is 0. The molecule has 11 heavy (non-hydrogen) atoms. The quantitative estimate of drug-likeness (QED) is 0.503. The van der Waals surface area contributed by atoms with Crippen LogP contribution < -0.4 is 5.32 Å². The summed E-state index contributed by atoms with van der Waals surface area (Å²) in [6.45, 7) is 0. The smallest absolute Gasteiger partial charge is 0.294 e. The van der Waals surface area contributed by atoms with Crippen LogP contribution in [0, 0.1) is 0 Å². The molecule has 0 saturated carbocycles. The van der Waals surface area contributed by atoms with E-state index >= 15 is 0 Å².